The minimum Gasteiger partial charge on any atom is -0.453 e. The van der Waals surface area contributed by atoms with E-state index in [4.69, 9.17) is 9.47 Å². The van der Waals surface area contributed by atoms with Crippen LogP contribution in [-0.2, 0) is 23.9 Å². The summed E-state index contributed by atoms with van der Waals surface area (Å²) in [6.07, 6.45) is 4.28. The zero-order valence-electron chi connectivity index (χ0n) is 28.2. The summed E-state index contributed by atoms with van der Waals surface area (Å²) in [6, 6.07) is 14.6. The van der Waals surface area contributed by atoms with Crippen molar-refractivity contribution >= 4 is 35.6 Å². The number of amides is 5. The molecule has 4 aliphatic rings. The van der Waals surface area contributed by atoms with E-state index in [9.17, 15) is 24.0 Å². The summed E-state index contributed by atoms with van der Waals surface area (Å²) >= 11 is 0. The Labute approximate surface area is 289 Å². The van der Waals surface area contributed by atoms with E-state index < -0.39 is 24.3 Å². The van der Waals surface area contributed by atoms with Gasteiger partial charge in [-0.05, 0) is 60.9 Å². The highest BCUT2D eigenvalue weighted by atomic mass is 16.5. The second-order valence-electron chi connectivity index (χ2n) is 13.2. The maximum Gasteiger partial charge on any atom is 0.410 e. The molecule has 5 amide bonds. The van der Waals surface area contributed by atoms with E-state index >= 15 is 0 Å². The fraction of sp³-hybridized carbons (Fsp3) is 0.444. The predicted octanol–water partition coefficient (Wildman–Crippen LogP) is 3.88. The van der Waals surface area contributed by atoms with Gasteiger partial charge in [0, 0.05) is 38.4 Å². The van der Waals surface area contributed by atoms with Crippen molar-refractivity contribution < 1.29 is 33.4 Å². The van der Waals surface area contributed by atoms with Crippen molar-refractivity contribution in [2.24, 2.45) is 5.92 Å². The van der Waals surface area contributed by atoms with Gasteiger partial charge in [0.2, 0.25) is 17.7 Å². The van der Waals surface area contributed by atoms with Gasteiger partial charge >= 0.3 is 12.2 Å². The molecule has 0 bridgehead atoms. The molecule has 262 valence electrons. The first kappa shape index (κ1) is 33.1. The smallest absolute Gasteiger partial charge is 0.410 e. The molecule has 0 saturated carbocycles. The third-order valence-corrected chi connectivity index (χ3v) is 10.4. The fourth-order valence-corrected chi connectivity index (χ4v) is 7.34. The second kappa shape index (κ2) is 13.8. The minimum absolute atomic E-state index is 0.0622. The molecule has 4 saturated heterocycles. The highest BCUT2D eigenvalue weighted by molar-refractivity contribution is 5.94. The average molecular weight is 684 g/mol. The van der Waals surface area contributed by atoms with Crippen LogP contribution in [0.1, 0.15) is 44.0 Å². The normalized spacial score (nSPS) is 22.8. The number of anilines is 1. The molecule has 3 aromatic rings. The number of imidazole rings is 1. The topological polar surface area (TPSA) is 157 Å². The van der Waals surface area contributed by atoms with Gasteiger partial charge in [-0.25, -0.2) is 14.6 Å². The van der Waals surface area contributed by atoms with Gasteiger partial charge in [-0.1, -0.05) is 36.4 Å². The molecular formula is C36H41N7O7. The summed E-state index contributed by atoms with van der Waals surface area (Å²) in [5.74, 6) is 0.0832. The van der Waals surface area contributed by atoms with Crippen LogP contribution >= 0.6 is 0 Å². The minimum atomic E-state index is -0.511. The third kappa shape index (κ3) is 6.25. The summed E-state index contributed by atoms with van der Waals surface area (Å²) in [5, 5.41) is 2.98. The number of aromatic amines is 1. The molecule has 50 heavy (non-hydrogen) atoms. The van der Waals surface area contributed by atoms with Crippen LogP contribution in [0.2, 0.25) is 0 Å². The van der Waals surface area contributed by atoms with Crippen LogP contribution in [0.4, 0.5) is 15.3 Å². The molecule has 4 atom stereocenters. The number of ether oxygens (including phenoxy) is 2. The third-order valence-electron chi connectivity index (χ3n) is 10.4. The van der Waals surface area contributed by atoms with Crippen LogP contribution in [0.3, 0.4) is 0 Å². The van der Waals surface area contributed by atoms with Crippen molar-refractivity contribution in [3.05, 3.63) is 60.6 Å². The number of benzene rings is 2. The number of likely N-dealkylation sites (tertiary alicyclic amines) is 4. The molecule has 2 aromatic carbocycles. The first-order valence-electron chi connectivity index (χ1n) is 17.1. The second-order valence-corrected chi connectivity index (χ2v) is 13.2. The largest absolute Gasteiger partial charge is 0.453 e. The lowest BCUT2D eigenvalue weighted by Gasteiger charge is -2.41. The highest BCUT2D eigenvalue weighted by Gasteiger charge is 2.45. The summed E-state index contributed by atoms with van der Waals surface area (Å²) in [6.45, 7) is 2.45. The summed E-state index contributed by atoms with van der Waals surface area (Å²) in [7, 11) is 2.63. The van der Waals surface area contributed by atoms with Crippen LogP contribution in [0.5, 0.6) is 0 Å². The van der Waals surface area contributed by atoms with Gasteiger partial charge < -0.3 is 29.6 Å². The lowest BCUT2D eigenvalue weighted by Crippen LogP contribution is -2.58. The standard InChI is InChI=1S/C36H41N7O7/c1-49-35(47)42-18-14-29(42)33(45)40-17-13-25(21-40)32(44)38-26-11-9-23(10-12-26)22-5-7-24(8-6-22)27-20-37-31(39-27)28-4-3-16-41(28)34(46)30-15-19-43(30)36(48)50-2/h5-12,20,25,28-30H,3-4,13-19,21H2,1-2H3,(H,37,39)(H,38,44)/t25-,28+,29?,30?/m1/s1. The van der Waals surface area contributed by atoms with E-state index in [-0.39, 0.29) is 29.7 Å². The number of hydrogen-bond donors (Lipinski definition) is 2. The molecule has 0 spiro atoms. The molecule has 14 heteroatoms. The molecule has 4 fully saturated rings. The van der Waals surface area contributed by atoms with Gasteiger partial charge in [0.25, 0.3) is 0 Å². The molecular weight excluding hydrogens is 642 g/mol. The number of rotatable bonds is 7. The molecule has 5 heterocycles. The lowest BCUT2D eigenvalue weighted by molar-refractivity contribution is -0.141. The summed E-state index contributed by atoms with van der Waals surface area (Å²) < 4.78 is 9.58. The number of nitrogens with one attached hydrogen (secondary N) is 2. The van der Waals surface area contributed by atoms with Crippen LogP contribution in [0.15, 0.2) is 54.7 Å². The molecule has 7 rings (SSSR count). The average Bonchev–Trinajstić information content (AvgIpc) is 3.89. The van der Waals surface area contributed by atoms with Crippen LogP contribution < -0.4 is 5.32 Å². The Morgan fingerprint density at radius 2 is 1.32 bits per heavy atom. The fourth-order valence-electron chi connectivity index (χ4n) is 7.34. The van der Waals surface area contributed by atoms with E-state index in [2.05, 4.69) is 15.3 Å². The number of H-pyrrole nitrogens is 1. The quantitative estimate of drug-likeness (QED) is 0.380. The van der Waals surface area contributed by atoms with Crippen molar-refractivity contribution in [1.82, 2.24) is 29.6 Å². The van der Waals surface area contributed by atoms with Crippen molar-refractivity contribution in [1.29, 1.82) is 0 Å². The van der Waals surface area contributed by atoms with Crippen molar-refractivity contribution in [2.45, 2.75) is 50.2 Å². The van der Waals surface area contributed by atoms with Crippen LogP contribution in [-0.4, -0.2) is 119 Å². The summed E-state index contributed by atoms with van der Waals surface area (Å²) in [4.78, 5) is 77.6. The number of aromatic nitrogens is 2. The number of nitrogens with zero attached hydrogens (tertiary/aromatic N) is 5. The number of carbonyl (C=O) groups excluding carboxylic acids is 5. The molecule has 0 aliphatic carbocycles. The van der Waals surface area contributed by atoms with Gasteiger partial charge in [-0.2, -0.15) is 0 Å². The van der Waals surface area contributed by atoms with Gasteiger partial charge in [0.1, 0.15) is 17.9 Å². The van der Waals surface area contributed by atoms with Crippen molar-refractivity contribution in [2.75, 3.05) is 52.3 Å². The first-order chi connectivity index (χ1) is 24.2. The van der Waals surface area contributed by atoms with Crippen LogP contribution in [0.25, 0.3) is 22.4 Å². The zero-order chi connectivity index (χ0) is 34.9. The zero-order valence-corrected chi connectivity index (χ0v) is 28.2. The predicted molar refractivity (Wildman–Crippen MR) is 181 cm³/mol. The maximum absolute atomic E-state index is 13.3. The Kier molecular flexibility index (Phi) is 9.17. The van der Waals surface area contributed by atoms with E-state index in [0.717, 1.165) is 41.1 Å². The van der Waals surface area contributed by atoms with E-state index in [1.54, 1.807) is 11.1 Å². The highest BCUT2D eigenvalue weighted by Crippen LogP contribution is 2.35. The van der Waals surface area contributed by atoms with Gasteiger partial charge in [-0.15, -0.1) is 0 Å². The Morgan fingerprint density at radius 1 is 0.720 bits per heavy atom. The molecule has 4 aliphatic heterocycles. The Morgan fingerprint density at radius 3 is 1.92 bits per heavy atom. The first-order valence-corrected chi connectivity index (χ1v) is 17.1. The van der Waals surface area contributed by atoms with Gasteiger partial charge in [-0.3, -0.25) is 24.2 Å². The van der Waals surface area contributed by atoms with E-state index in [1.807, 2.05) is 53.4 Å². The molecule has 2 unspecified atom stereocenters. The Balaban J connectivity index is 0.929. The summed E-state index contributed by atoms with van der Waals surface area (Å²) in [5.41, 5.74) is 4.49. The number of carbonyl (C=O) groups is 5. The van der Waals surface area contributed by atoms with Crippen molar-refractivity contribution in [3.8, 4) is 22.4 Å². The molecule has 14 nitrogen and oxygen atoms in total. The SMILES string of the molecule is COC(=O)N1CCC1C(=O)N1CC[C@@H](C(=O)Nc2ccc(-c3ccc(-c4cnc([C@@H]5CCCN5C(=O)C5CCN5C(=O)OC)[nH]4)cc3)cc2)C1. The molecule has 0 radical (unpaired) electrons. The Hall–Kier alpha value is -5.40. The van der Waals surface area contributed by atoms with Crippen LogP contribution in [0, 0.1) is 5.92 Å². The van der Waals surface area contributed by atoms with E-state index in [0.29, 0.717) is 57.7 Å². The van der Waals surface area contributed by atoms with Gasteiger partial charge in [0.15, 0.2) is 0 Å². The number of methoxy groups -OCH3 is 2. The van der Waals surface area contributed by atoms with Crippen molar-refractivity contribution in [3.63, 3.8) is 0 Å². The number of hydrogen-bond acceptors (Lipinski definition) is 8. The molecule has 2 N–H and O–H groups in total. The lowest BCUT2D eigenvalue weighted by atomic mass is 10.0. The van der Waals surface area contributed by atoms with Gasteiger partial charge in [0.05, 0.1) is 38.1 Å². The monoisotopic (exact) mass is 683 g/mol. The van der Waals surface area contributed by atoms with E-state index in [1.165, 1.54) is 24.0 Å². The molecule has 1 aromatic heterocycles. The maximum atomic E-state index is 13.3. The Bertz CT molecular complexity index is 1780.